The minimum absolute atomic E-state index is 0.209. The van der Waals surface area contributed by atoms with Gasteiger partial charge in [0.2, 0.25) is 0 Å². The van der Waals surface area contributed by atoms with Gasteiger partial charge in [0.25, 0.3) is 0 Å². The molecule has 0 aliphatic carbocycles. The highest BCUT2D eigenvalue weighted by molar-refractivity contribution is 5.70. The van der Waals surface area contributed by atoms with E-state index < -0.39 is 5.54 Å². The van der Waals surface area contributed by atoms with Crippen LogP contribution in [0.25, 0.3) is 0 Å². The summed E-state index contributed by atoms with van der Waals surface area (Å²) < 4.78 is 4.69. The van der Waals surface area contributed by atoms with Crippen molar-refractivity contribution in [3.05, 3.63) is 0 Å². The predicted octanol–water partition coefficient (Wildman–Crippen LogP) is 2.34. The molecule has 0 aliphatic heterocycles. The van der Waals surface area contributed by atoms with Crippen molar-refractivity contribution in [2.24, 2.45) is 17.6 Å². The van der Waals surface area contributed by atoms with E-state index in [0.29, 0.717) is 18.3 Å². The summed E-state index contributed by atoms with van der Waals surface area (Å²) in [6.07, 6.45) is 2.04. The molecule has 0 aliphatic rings. The summed E-state index contributed by atoms with van der Waals surface area (Å²) in [7, 11) is 1.41. The quantitative estimate of drug-likeness (QED) is 0.692. The fraction of sp³-hybridized carbons (Fsp3) is 0.917. The summed E-state index contributed by atoms with van der Waals surface area (Å²) in [6, 6.07) is 0. The standard InChI is InChI=1S/C12H25NO2/c1-9(2)6-12(13,7-10(3)4)8-11(14)15-5/h9-10H,6-8,13H2,1-5H3. The second-order valence-electron chi connectivity index (χ2n) is 5.31. The largest absolute Gasteiger partial charge is 0.469 e. The Balaban J connectivity index is 4.46. The van der Waals surface area contributed by atoms with Crippen LogP contribution in [0.4, 0.5) is 0 Å². The molecule has 0 saturated carbocycles. The Morgan fingerprint density at radius 3 is 1.87 bits per heavy atom. The maximum Gasteiger partial charge on any atom is 0.307 e. The zero-order valence-electron chi connectivity index (χ0n) is 10.7. The molecule has 0 radical (unpaired) electrons. The topological polar surface area (TPSA) is 52.3 Å². The van der Waals surface area contributed by atoms with Crippen molar-refractivity contribution in [3.8, 4) is 0 Å². The fourth-order valence-corrected chi connectivity index (χ4v) is 2.21. The van der Waals surface area contributed by atoms with Crippen molar-refractivity contribution in [2.75, 3.05) is 7.11 Å². The zero-order chi connectivity index (χ0) is 12.1. The van der Waals surface area contributed by atoms with Crippen LogP contribution in [0.5, 0.6) is 0 Å². The molecule has 0 unspecified atom stereocenters. The first kappa shape index (κ1) is 14.4. The van der Waals surface area contributed by atoms with Crippen molar-refractivity contribution in [1.29, 1.82) is 0 Å². The Kier molecular flexibility index (Phi) is 5.88. The number of hydrogen-bond acceptors (Lipinski definition) is 3. The monoisotopic (exact) mass is 215 g/mol. The third kappa shape index (κ3) is 6.50. The van der Waals surface area contributed by atoms with Crippen molar-refractivity contribution in [1.82, 2.24) is 0 Å². The van der Waals surface area contributed by atoms with Gasteiger partial charge in [0.05, 0.1) is 13.5 Å². The first-order valence-corrected chi connectivity index (χ1v) is 5.65. The summed E-state index contributed by atoms with van der Waals surface area (Å²) in [4.78, 5) is 11.3. The van der Waals surface area contributed by atoms with Crippen LogP contribution < -0.4 is 5.73 Å². The van der Waals surface area contributed by atoms with Crippen molar-refractivity contribution < 1.29 is 9.53 Å². The zero-order valence-corrected chi connectivity index (χ0v) is 10.7. The van der Waals surface area contributed by atoms with Crippen molar-refractivity contribution in [3.63, 3.8) is 0 Å². The number of nitrogens with two attached hydrogens (primary N) is 1. The Morgan fingerprint density at radius 1 is 1.20 bits per heavy atom. The van der Waals surface area contributed by atoms with E-state index in [-0.39, 0.29) is 5.97 Å². The molecule has 90 valence electrons. The lowest BCUT2D eigenvalue weighted by atomic mass is 9.80. The van der Waals surface area contributed by atoms with Crippen LogP contribution in [0.1, 0.15) is 47.0 Å². The van der Waals surface area contributed by atoms with Gasteiger partial charge in [0.1, 0.15) is 0 Å². The number of rotatable bonds is 6. The molecule has 0 aromatic heterocycles. The summed E-state index contributed by atoms with van der Waals surface area (Å²) in [5, 5.41) is 0. The van der Waals surface area contributed by atoms with Crippen LogP contribution in [0, 0.1) is 11.8 Å². The second kappa shape index (κ2) is 6.11. The van der Waals surface area contributed by atoms with Crippen LogP contribution >= 0.6 is 0 Å². The van der Waals surface area contributed by atoms with Gasteiger partial charge in [-0.3, -0.25) is 4.79 Å². The summed E-state index contributed by atoms with van der Waals surface area (Å²) in [6.45, 7) is 8.50. The van der Waals surface area contributed by atoms with Gasteiger partial charge >= 0.3 is 5.97 Å². The maximum absolute atomic E-state index is 11.3. The van der Waals surface area contributed by atoms with E-state index >= 15 is 0 Å². The molecule has 0 spiro atoms. The molecule has 0 atom stereocenters. The number of methoxy groups -OCH3 is 1. The lowest BCUT2D eigenvalue weighted by Gasteiger charge is -2.31. The molecule has 2 N–H and O–H groups in total. The number of ether oxygens (including phenoxy) is 1. The lowest BCUT2D eigenvalue weighted by molar-refractivity contribution is -0.142. The van der Waals surface area contributed by atoms with E-state index in [2.05, 4.69) is 27.7 Å². The van der Waals surface area contributed by atoms with Gasteiger partial charge in [0, 0.05) is 5.54 Å². The highest BCUT2D eigenvalue weighted by atomic mass is 16.5. The van der Waals surface area contributed by atoms with Gasteiger partial charge in [-0.25, -0.2) is 0 Å². The van der Waals surface area contributed by atoms with Gasteiger partial charge in [-0.15, -0.1) is 0 Å². The molecule has 3 nitrogen and oxygen atoms in total. The Morgan fingerprint density at radius 2 is 1.60 bits per heavy atom. The molecule has 3 heteroatoms. The van der Waals surface area contributed by atoms with Gasteiger partial charge < -0.3 is 10.5 Å². The molecule has 0 aromatic rings. The highest BCUT2D eigenvalue weighted by Crippen LogP contribution is 2.26. The maximum atomic E-state index is 11.3. The number of carbonyl (C=O) groups excluding carboxylic acids is 1. The predicted molar refractivity (Wildman–Crippen MR) is 62.5 cm³/mol. The molecule has 0 fully saturated rings. The van der Waals surface area contributed by atoms with Gasteiger partial charge in [0.15, 0.2) is 0 Å². The molecule has 0 aromatic carbocycles. The third-order valence-corrected chi connectivity index (χ3v) is 2.35. The number of carbonyl (C=O) groups is 1. The molecule has 0 amide bonds. The van der Waals surface area contributed by atoms with E-state index in [1.165, 1.54) is 7.11 Å². The molecule has 0 rings (SSSR count). The minimum Gasteiger partial charge on any atom is -0.469 e. The second-order valence-corrected chi connectivity index (χ2v) is 5.31. The number of hydrogen-bond donors (Lipinski definition) is 1. The highest BCUT2D eigenvalue weighted by Gasteiger charge is 2.30. The van der Waals surface area contributed by atoms with Gasteiger partial charge in [-0.1, -0.05) is 27.7 Å². The van der Waals surface area contributed by atoms with Crippen LogP contribution in [-0.2, 0) is 9.53 Å². The third-order valence-electron chi connectivity index (χ3n) is 2.35. The summed E-state index contributed by atoms with van der Waals surface area (Å²) in [5.74, 6) is 0.788. The Hall–Kier alpha value is -0.570. The lowest BCUT2D eigenvalue weighted by Crippen LogP contribution is -2.44. The number of esters is 1. The summed E-state index contributed by atoms with van der Waals surface area (Å²) in [5.41, 5.74) is 5.87. The fourth-order valence-electron chi connectivity index (χ4n) is 2.21. The van der Waals surface area contributed by atoms with Crippen LogP contribution in [0.2, 0.25) is 0 Å². The molecule has 15 heavy (non-hydrogen) atoms. The van der Waals surface area contributed by atoms with E-state index in [1.54, 1.807) is 0 Å². The smallest absolute Gasteiger partial charge is 0.307 e. The molecular formula is C12H25NO2. The molecule has 0 heterocycles. The van der Waals surface area contributed by atoms with Gasteiger partial charge in [-0.2, -0.15) is 0 Å². The molecular weight excluding hydrogens is 190 g/mol. The van der Waals surface area contributed by atoms with E-state index in [9.17, 15) is 4.79 Å². The first-order valence-electron chi connectivity index (χ1n) is 5.65. The summed E-state index contributed by atoms with van der Waals surface area (Å²) >= 11 is 0. The van der Waals surface area contributed by atoms with Crippen LogP contribution in [0.3, 0.4) is 0 Å². The minimum atomic E-state index is -0.407. The molecule has 0 bridgehead atoms. The van der Waals surface area contributed by atoms with Crippen LogP contribution in [0.15, 0.2) is 0 Å². The molecule has 0 saturated heterocycles. The first-order chi connectivity index (χ1) is 6.79. The Labute approximate surface area is 93.4 Å². The van der Waals surface area contributed by atoms with Crippen molar-refractivity contribution >= 4 is 5.97 Å². The van der Waals surface area contributed by atoms with E-state index in [0.717, 1.165) is 12.8 Å². The SMILES string of the molecule is COC(=O)CC(N)(CC(C)C)CC(C)C. The average molecular weight is 215 g/mol. The van der Waals surface area contributed by atoms with E-state index in [4.69, 9.17) is 10.5 Å². The normalized spacial score (nSPS) is 12.3. The Bertz CT molecular complexity index is 190. The van der Waals surface area contributed by atoms with Gasteiger partial charge in [-0.05, 0) is 24.7 Å². The average Bonchev–Trinajstić information content (AvgIpc) is 1.99. The van der Waals surface area contributed by atoms with E-state index in [1.807, 2.05) is 0 Å². The van der Waals surface area contributed by atoms with Crippen LogP contribution in [-0.4, -0.2) is 18.6 Å². The van der Waals surface area contributed by atoms with Crippen molar-refractivity contribution in [2.45, 2.75) is 52.5 Å².